The van der Waals surface area contributed by atoms with E-state index in [2.05, 4.69) is 22.8 Å². The number of hydrazone groups is 1. The Labute approximate surface area is 132 Å². The fourth-order valence-corrected chi connectivity index (χ4v) is 2.56. The second-order valence-electron chi connectivity index (χ2n) is 5.73. The van der Waals surface area contributed by atoms with Gasteiger partial charge in [-0.2, -0.15) is 5.10 Å². The molecule has 0 aromatic heterocycles. The van der Waals surface area contributed by atoms with Crippen LogP contribution in [-0.2, 0) is 4.79 Å². The van der Waals surface area contributed by atoms with Crippen molar-refractivity contribution in [3.63, 3.8) is 0 Å². The molecule has 0 radical (unpaired) electrons. The number of amides is 1. The average Bonchev–Trinajstić information content (AvgIpc) is 2.53. The van der Waals surface area contributed by atoms with Crippen LogP contribution in [0.25, 0.3) is 0 Å². The van der Waals surface area contributed by atoms with E-state index in [9.17, 15) is 4.79 Å². The molecule has 2 N–H and O–H groups in total. The highest BCUT2D eigenvalue weighted by atomic mass is 16.5. The van der Waals surface area contributed by atoms with E-state index in [1.807, 2.05) is 31.2 Å². The van der Waals surface area contributed by atoms with Crippen molar-refractivity contribution in [1.82, 2.24) is 5.43 Å². The fourth-order valence-electron chi connectivity index (χ4n) is 2.56. The van der Waals surface area contributed by atoms with Crippen molar-refractivity contribution in [3.05, 3.63) is 24.3 Å². The van der Waals surface area contributed by atoms with Gasteiger partial charge in [0.25, 0.3) is 5.91 Å². The molecule has 0 bridgehead atoms. The van der Waals surface area contributed by atoms with Gasteiger partial charge in [-0.1, -0.05) is 6.92 Å². The van der Waals surface area contributed by atoms with Crippen LogP contribution in [0.15, 0.2) is 29.4 Å². The third kappa shape index (κ3) is 5.39. The predicted molar refractivity (Wildman–Crippen MR) is 89.3 cm³/mol. The molecule has 0 unspecified atom stereocenters. The molecule has 0 saturated heterocycles. The number of carbonyl (C=O) groups excluding carboxylic acids is 1. The third-order valence-electron chi connectivity index (χ3n) is 3.70. The minimum Gasteiger partial charge on any atom is -0.494 e. The smallest absolute Gasteiger partial charge is 0.259 e. The topological polar surface area (TPSA) is 62.7 Å². The van der Waals surface area contributed by atoms with Crippen LogP contribution >= 0.6 is 0 Å². The van der Waals surface area contributed by atoms with Gasteiger partial charge in [0.1, 0.15) is 5.75 Å². The van der Waals surface area contributed by atoms with Gasteiger partial charge < -0.3 is 10.1 Å². The Kier molecular flexibility index (Phi) is 6.25. The van der Waals surface area contributed by atoms with Gasteiger partial charge in [0.15, 0.2) is 0 Å². The molecule has 1 atom stereocenters. The number of ether oxygens (including phenoxy) is 1. The standard InChI is InChI=1S/C17H25N3O2/c1-3-22-16-9-7-14(8-10-16)18-12-17(21)20-19-15-6-4-5-13(2)11-15/h7-10,13,18H,3-6,11-12H2,1-2H3,(H,20,21)/b19-15-/t13-/m1/s1. The maximum absolute atomic E-state index is 11.8. The highest BCUT2D eigenvalue weighted by molar-refractivity contribution is 5.87. The molecule has 1 aliphatic carbocycles. The summed E-state index contributed by atoms with van der Waals surface area (Å²) < 4.78 is 5.38. The first-order valence-corrected chi connectivity index (χ1v) is 7.98. The number of hydrogen-bond acceptors (Lipinski definition) is 4. The number of carbonyl (C=O) groups is 1. The zero-order chi connectivity index (χ0) is 15.8. The van der Waals surface area contributed by atoms with E-state index < -0.39 is 0 Å². The molecule has 1 amide bonds. The minimum absolute atomic E-state index is 0.125. The van der Waals surface area contributed by atoms with Gasteiger partial charge in [-0.05, 0) is 62.8 Å². The summed E-state index contributed by atoms with van der Waals surface area (Å²) in [4.78, 5) is 11.8. The van der Waals surface area contributed by atoms with Crippen molar-refractivity contribution in [2.45, 2.75) is 39.5 Å². The maximum atomic E-state index is 11.8. The van der Waals surface area contributed by atoms with E-state index in [1.165, 1.54) is 12.8 Å². The summed E-state index contributed by atoms with van der Waals surface area (Å²) in [5, 5.41) is 7.31. The monoisotopic (exact) mass is 303 g/mol. The Hall–Kier alpha value is -2.04. The summed E-state index contributed by atoms with van der Waals surface area (Å²) in [7, 11) is 0. The molecule has 120 valence electrons. The molecule has 1 aliphatic rings. The van der Waals surface area contributed by atoms with Crippen molar-refractivity contribution >= 4 is 17.3 Å². The summed E-state index contributed by atoms with van der Waals surface area (Å²) in [5.74, 6) is 1.38. The molecule has 1 saturated carbocycles. The third-order valence-corrected chi connectivity index (χ3v) is 3.70. The summed E-state index contributed by atoms with van der Waals surface area (Å²) >= 11 is 0. The van der Waals surface area contributed by atoms with Gasteiger partial charge in [-0.25, -0.2) is 5.43 Å². The van der Waals surface area contributed by atoms with Crippen LogP contribution < -0.4 is 15.5 Å². The number of benzene rings is 1. The van der Waals surface area contributed by atoms with E-state index in [0.29, 0.717) is 12.5 Å². The van der Waals surface area contributed by atoms with Crippen LogP contribution in [0.3, 0.4) is 0 Å². The Morgan fingerprint density at radius 2 is 2.14 bits per heavy atom. The SMILES string of the molecule is CCOc1ccc(NCC(=O)N/N=C2/CCC[C@@H](C)C2)cc1. The van der Waals surface area contributed by atoms with Gasteiger partial charge in [-0.3, -0.25) is 4.79 Å². The Morgan fingerprint density at radius 3 is 2.82 bits per heavy atom. The number of anilines is 1. The molecular weight excluding hydrogens is 278 g/mol. The fraction of sp³-hybridized carbons (Fsp3) is 0.529. The van der Waals surface area contributed by atoms with Crippen LogP contribution in [0.4, 0.5) is 5.69 Å². The average molecular weight is 303 g/mol. The first kappa shape index (κ1) is 16.3. The van der Waals surface area contributed by atoms with Gasteiger partial charge in [0.2, 0.25) is 0 Å². The Balaban J connectivity index is 1.74. The van der Waals surface area contributed by atoms with Gasteiger partial charge in [0.05, 0.1) is 13.2 Å². The Morgan fingerprint density at radius 1 is 1.36 bits per heavy atom. The molecular formula is C17H25N3O2. The predicted octanol–water partition coefficient (Wildman–Crippen LogP) is 3.18. The molecule has 1 fully saturated rings. The van der Waals surface area contributed by atoms with Crippen LogP contribution in [-0.4, -0.2) is 24.8 Å². The molecule has 1 aromatic carbocycles. The van der Waals surface area contributed by atoms with E-state index in [-0.39, 0.29) is 12.5 Å². The van der Waals surface area contributed by atoms with Crippen molar-refractivity contribution in [1.29, 1.82) is 0 Å². The summed E-state index contributed by atoms with van der Waals surface area (Å²) in [6, 6.07) is 7.56. The highest BCUT2D eigenvalue weighted by Gasteiger charge is 2.14. The molecule has 22 heavy (non-hydrogen) atoms. The maximum Gasteiger partial charge on any atom is 0.259 e. The lowest BCUT2D eigenvalue weighted by Gasteiger charge is -2.18. The molecule has 0 heterocycles. The summed E-state index contributed by atoms with van der Waals surface area (Å²) in [6.45, 7) is 5.03. The van der Waals surface area contributed by atoms with Crippen LogP contribution in [0.1, 0.15) is 39.5 Å². The Bertz CT molecular complexity index is 511. The lowest BCUT2D eigenvalue weighted by molar-refractivity contribution is -0.119. The van der Waals surface area contributed by atoms with Gasteiger partial charge in [-0.15, -0.1) is 0 Å². The molecule has 0 spiro atoms. The van der Waals surface area contributed by atoms with Crippen LogP contribution in [0.2, 0.25) is 0 Å². The lowest BCUT2D eigenvalue weighted by Crippen LogP contribution is -2.27. The van der Waals surface area contributed by atoms with Crippen molar-refractivity contribution < 1.29 is 9.53 Å². The lowest BCUT2D eigenvalue weighted by atomic mass is 9.89. The van der Waals surface area contributed by atoms with Crippen molar-refractivity contribution in [2.24, 2.45) is 11.0 Å². The van der Waals surface area contributed by atoms with E-state index >= 15 is 0 Å². The quantitative estimate of drug-likeness (QED) is 0.793. The minimum atomic E-state index is -0.125. The van der Waals surface area contributed by atoms with Crippen LogP contribution in [0, 0.1) is 5.92 Å². The first-order chi connectivity index (χ1) is 10.7. The number of rotatable bonds is 6. The van der Waals surface area contributed by atoms with Crippen molar-refractivity contribution in [2.75, 3.05) is 18.5 Å². The number of nitrogens with zero attached hydrogens (tertiary/aromatic N) is 1. The molecule has 5 nitrogen and oxygen atoms in total. The molecule has 2 rings (SSSR count). The summed E-state index contributed by atoms with van der Waals surface area (Å²) in [6.07, 6.45) is 4.41. The van der Waals surface area contributed by atoms with E-state index in [0.717, 1.165) is 30.0 Å². The van der Waals surface area contributed by atoms with Gasteiger partial charge in [0, 0.05) is 11.4 Å². The molecule has 5 heteroatoms. The van der Waals surface area contributed by atoms with Crippen molar-refractivity contribution in [3.8, 4) is 5.75 Å². The molecule has 1 aromatic rings. The zero-order valence-electron chi connectivity index (χ0n) is 13.4. The number of hydrogen-bond donors (Lipinski definition) is 2. The second-order valence-corrected chi connectivity index (χ2v) is 5.73. The highest BCUT2D eigenvalue weighted by Crippen LogP contribution is 2.20. The van der Waals surface area contributed by atoms with Gasteiger partial charge >= 0.3 is 0 Å². The summed E-state index contributed by atoms with van der Waals surface area (Å²) in [5.41, 5.74) is 4.63. The van der Waals surface area contributed by atoms with E-state index in [1.54, 1.807) is 0 Å². The number of nitrogens with one attached hydrogen (secondary N) is 2. The first-order valence-electron chi connectivity index (χ1n) is 7.98. The second kappa shape index (κ2) is 8.41. The normalized spacial score (nSPS) is 19.7. The largest absolute Gasteiger partial charge is 0.494 e. The van der Waals surface area contributed by atoms with E-state index in [4.69, 9.17) is 4.74 Å². The van der Waals surface area contributed by atoms with Crippen LogP contribution in [0.5, 0.6) is 5.75 Å². The zero-order valence-corrected chi connectivity index (χ0v) is 13.4. The molecule has 0 aliphatic heterocycles.